The van der Waals surface area contributed by atoms with Gasteiger partial charge in [-0.15, -0.1) is 0 Å². The van der Waals surface area contributed by atoms with Crippen LogP contribution < -0.4 is 5.73 Å². The van der Waals surface area contributed by atoms with Crippen molar-refractivity contribution in [1.82, 2.24) is 0 Å². The molecule has 11 heavy (non-hydrogen) atoms. The minimum atomic E-state index is 0.509. The van der Waals surface area contributed by atoms with Crippen LogP contribution in [0.15, 0.2) is 16.8 Å². The summed E-state index contributed by atoms with van der Waals surface area (Å²) in [6.07, 6.45) is 3.87. The predicted octanol–water partition coefficient (Wildman–Crippen LogP) is 2.13. The monoisotopic (exact) mass is 167 g/mol. The summed E-state index contributed by atoms with van der Waals surface area (Å²) >= 11 is 1.79. The van der Waals surface area contributed by atoms with Gasteiger partial charge < -0.3 is 5.73 Å². The van der Waals surface area contributed by atoms with E-state index >= 15 is 0 Å². The van der Waals surface area contributed by atoms with E-state index in [0.29, 0.717) is 5.41 Å². The summed E-state index contributed by atoms with van der Waals surface area (Å²) < 4.78 is 0. The van der Waals surface area contributed by atoms with E-state index < -0.39 is 0 Å². The third-order valence-corrected chi connectivity index (χ3v) is 3.29. The lowest BCUT2D eigenvalue weighted by Crippen LogP contribution is -2.12. The van der Waals surface area contributed by atoms with Crippen molar-refractivity contribution in [2.45, 2.75) is 24.7 Å². The van der Waals surface area contributed by atoms with Crippen molar-refractivity contribution in [3.8, 4) is 0 Å². The van der Waals surface area contributed by atoms with Crippen LogP contribution in [0.5, 0.6) is 0 Å². The minimum Gasteiger partial charge on any atom is -0.330 e. The van der Waals surface area contributed by atoms with E-state index in [9.17, 15) is 0 Å². The fourth-order valence-corrected chi connectivity index (χ4v) is 2.46. The number of hydrogen-bond acceptors (Lipinski definition) is 2. The molecule has 1 saturated carbocycles. The van der Waals surface area contributed by atoms with Crippen LogP contribution in [0.1, 0.15) is 24.8 Å². The highest BCUT2D eigenvalue weighted by Gasteiger charge is 2.43. The molecule has 0 amide bonds. The van der Waals surface area contributed by atoms with Gasteiger partial charge in [-0.1, -0.05) is 0 Å². The van der Waals surface area contributed by atoms with E-state index in [1.165, 1.54) is 24.8 Å². The van der Waals surface area contributed by atoms with E-state index in [1.807, 2.05) is 0 Å². The van der Waals surface area contributed by atoms with Crippen LogP contribution in [-0.4, -0.2) is 6.54 Å². The molecule has 0 atom stereocenters. The summed E-state index contributed by atoms with van der Waals surface area (Å²) in [6.45, 7) is 0.829. The van der Waals surface area contributed by atoms with Gasteiger partial charge in [0.25, 0.3) is 0 Å². The van der Waals surface area contributed by atoms with Gasteiger partial charge in [-0.3, -0.25) is 0 Å². The Kier molecular flexibility index (Phi) is 1.74. The van der Waals surface area contributed by atoms with Crippen molar-refractivity contribution >= 4 is 11.3 Å². The summed E-state index contributed by atoms with van der Waals surface area (Å²) in [6, 6.07) is 2.24. The Balaban J connectivity index is 2.15. The molecule has 1 aliphatic carbocycles. The van der Waals surface area contributed by atoms with E-state index in [2.05, 4.69) is 16.8 Å². The molecule has 0 bridgehead atoms. The lowest BCUT2D eigenvalue weighted by atomic mass is 9.95. The highest BCUT2D eigenvalue weighted by Crippen LogP contribution is 2.51. The molecule has 60 valence electrons. The van der Waals surface area contributed by atoms with Crippen molar-refractivity contribution in [3.05, 3.63) is 22.4 Å². The van der Waals surface area contributed by atoms with Gasteiger partial charge in [0.1, 0.15) is 0 Å². The van der Waals surface area contributed by atoms with Crippen molar-refractivity contribution in [2.24, 2.45) is 5.73 Å². The number of rotatable bonds is 3. The summed E-state index contributed by atoms with van der Waals surface area (Å²) in [7, 11) is 0. The van der Waals surface area contributed by atoms with Crippen molar-refractivity contribution in [1.29, 1.82) is 0 Å². The molecule has 0 spiro atoms. The first-order valence-electron chi connectivity index (χ1n) is 4.10. The maximum absolute atomic E-state index is 5.56. The Morgan fingerprint density at radius 3 is 2.82 bits per heavy atom. The van der Waals surface area contributed by atoms with Crippen LogP contribution in [-0.2, 0) is 5.41 Å². The van der Waals surface area contributed by atoms with Gasteiger partial charge in [0, 0.05) is 0 Å². The molecule has 2 rings (SSSR count). The Morgan fingerprint density at radius 1 is 1.55 bits per heavy atom. The molecule has 1 aliphatic rings. The zero-order valence-corrected chi connectivity index (χ0v) is 7.36. The Bertz CT molecular complexity index is 224. The summed E-state index contributed by atoms with van der Waals surface area (Å²) in [5.74, 6) is 0. The van der Waals surface area contributed by atoms with Crippen LogP contribution >= 0.6 is 11.3 Å². The fourth-order valence-electron chi connectivity index (χ4n) is 1.68. The van der Waals surface area contributed by atoms with Crippen LogP contribution in [0.2, 0.25) is 0 Å². The van der Waals surface area contributed by atoms with E-state index in [0.717, 1.165) is 6.54 Å². The van der Waals surface area contributed by atoms with Crippen molar-refractivity contribution in [3.63, 3.8) is 0 Å². The maximum atomic E-state index is 5.56. The molecular formula is C9H13NS. The zero-order valence-electron chi connectivity index (χ0n) is 6.55. The lowest BCUT2D eigenvalue weighted by Gasteiger charge is -2.10. The third kappa shape index (κ3) is 1.21. The summed E-state index contributed by atoms with van der Waals surface area (Å²) in [4.78, 5) is 0. The van der Waals surface area contributed by atoms with Crippen LogP contribution in [0.4, 0.5) is 0 Å². The van der Waals surface area contributed by atoms with Gasteiger partial charge in [0.2, 0.25) is 0 Å². The van der Waals surface area contributed by atoms with Crippen molar-refractivity contribution < 1.29 is 0 Å². The summed E-state index contributed by atoms with van der Waals surface area (Å²) in [5.41, 5.74) is 7.59. The smallest absolute Gasteiger partial charge is 0.00261 e. The Labute approximate surface area is 71.2 Å². The fraction of sp³-hybridized carbons (Fsp3) is 0.556. The quantitative estimate of drug-likeness (QED) is 0.733. The van der Waals surface area contributed by atoms with Gasteiger partial charge in [-0.25, -0.2) is 0 Å². The first-order chi connectivity index (χ1) is 5.37. The SMILES string of the molecule is NCCC1(c2ccsc2)CC1. The normalized spacial score (nSPS) is 20.1. The van der Waals surface area contributed by atoms with Gasteiger partial charge >= 0.3 is 0 Å². The second-order valence-corrected chi connectivity index (χ2v) is 4.11. The molecule has 1 fully saturated rings. The molecule has 1 aromatic heterocycles. The number of nitrogens with two attached hydrogens (primary N) is 1. The van der Waals surface area contributed by atoms with Gasteiger partial charge in [-0.05, 0) is 53.6 Å². The average Bonchev–Trinajstić information content (AvgIpc) is 2.63. The molecule has 1 nitrogen and oxygen atoms in total. The highest BCUT2D eigenvalue weighted by atomic mass is 32.1. The Hall–Kier alpha value is -0.340. The number of hydrogen-bond donors (Lipinski definition) is 1. The molecular weight excluding hydrogens is 154 g/mol. The van der Waals surface area contributed by atoms with E-state index in [4.69, 9.17) is 5.73 Å². The van der Waals surface area contributed by atoms with Gasteiger partial charge in [-0.2, -0.15) is 11.3 Å². The first-order valence-corrected chi connectivity index (χ1v) is 5.04. The van der Waals surface area contributed by atoms with Crippen LogP contribution in [0, 0.1) is 0 Å². The van der Waals surface area contributed by atoms with Gasteiger partial charge in [0.05, 0.1) is 0 Å². The van der Waals surface area contributed by atoms with Gasteiger partial charge in [0.15, 0.2) is 0 Å². The maximum Gasteiger partial charge on any atom is -0.00261 e. The average molecular weight is 167 g/mol. The van der Waals surface area contributed by atoms with E-state index in [1.54, 1.807) is 11.3 Å². The molecule has 1 heterocycles. The predicted molar refractivity (Wildman–Crippen MR) is 48.9 cm³/mol. The molecule has 0 aliphatic heterocycles. The number of thiophene rings is 1. The second-order valence-electron chi connectivity index (χ2n) is 3.33. The van der Waals surface area contributed by atoms with Crippen molar-refractivity contribution in [2.75, 3.05) is 6.54 Å². The molecule has 1 aromatic rings. The molecule has 2 N–H and O–H groups in total. The standard InChI is InChI=1S/C9H13NS/c10-5-4-9(2-3-9)8-1-6-11-7-8/h1,6-7H,2-5,10H2. The third-order valence-electron chi connectivity index (χ3n) is 2.61. The largest absolute Gasteiger partial charge is 0.330 e. The minimum absolute atomic E-state index is 0.509. The Morgan fingerprint density at radius 2 is 2.36 bits per heavy atom. The zero-order chi connectivity index (χ0) is 7.73. The topological polar surface area (TPSA) is 26.0 Å². The first kappa shape index (κ1) is 7.32. The van der Waals surface area contributed by atoms with Crippen LogP contribution in [0.3, 0.4) is 0 Å². The molecule has 0 saturated heterocycles. The van der Waals surface area contributed by atoms with Crippen LogP contribution in [0.25, 0.3) is 0 Å². The highest BCUT2D eigenvalue weighted by molar-refractivity contribution is 7.08. The molecule has 2 heteroatoms. The lowest BCUT2D eigenvalue weighted by molar-refractivity contribution is 0.631. The second kappa shape index (κ2) is 2.61. The molecule has 0 unspecified atom stereocenters. The summed E-state index contributed by atoms with van der Waals surface area (Å²) in [5, 5.41) is 4.43. The molecule has 0 aromatic carbocycles. The molecule has 0 radical (unpaired) electrons. The van der Waals surface area contributed by atoms with E-state index in [-0.39, 0.29) is 0 Å².